The molecule has 0 fully saturated rings. The molecule has 0 saturated carbocycles. The quantitative estimate of drug-likeness (QED) is 0.639. The molecule has 0 aliphatic carbocycles. The molecule has 3 aromatic rings. The molecule has 22 heavy (non-hydrogen) atoms. The number of halogens is 1. The summed E-state index contributed by atoms with van der Waals surface area (Å²) in [6, 6.07) is 5.85. The molecule has 0 unspecified atom stereocenters. The first-order chi connectivity index (χ1) is 10.5. The highest BCUT2D eigenvalue weighted by Crippen LogP contribution is 2.33. The standard InChI is InChI=1S/C17H17ClN2OS/c1-9(2)15-8-22-17(20-15)14-5-10(3)11-6-16(21-4)12(18)7-13(11)19-14/h5-9H,1-4H3. The maximum Gasteiger partial charge on any atom is 0.142 e. The van der Waals surface area contributed by atoms with Crippen molar-refractivity contribution < 1.29 is 4.74 Å². The number of nitrogens with zero attached hydrogens (tertiary/aromatic N) is 2. The molecule has 3 nitrogen and oxygen atoms in total. The number of aromatic nitrogens is 2. The van der Waals surface area contributed by atoms with Crippen LogP contribution in [-0.4, -0.2) is 17.1 Å². The van der Waals surface area contributed by atoms with Gasteiger partial charge in [0.05, 0.1) is 29.0 Å². The zero-order valence-electron chi connectivity index (χ0n) is 13.0. The smallest absolute Gasteiger partial charge is 0.142 e. The third kappa shape index (κ3) is 2.69. The molecule has 0 N–H and O–H groups in total. The zero-order chi connectivity index (χ0) is 15.9. The molecule has 0 aliphatic rings. The van der Waals surface area contributed by atoms with Crippen LogP contribution in [0.4, 0.5) is 0 Å². The number of pyridine rings is 1. The minimum absolute atomic E-state index is 0.422. The lowest BCUT2D eigenvalue weighted by Crippen LogP contribution is -1.92. The van der Waals surface area contributed by atoms with E-state index in [0.29, 0.717) is 16.7 Å². The van der Waals surface area contributed by atoms with E-state index >= 15 is 0 Å². The van der Waals surface area contributed by atoms with Gasteiger partial charge in [0.1, 0.15) is 10.8 Å². The van der Waals surface area contributed by atoms with E-state index in [4.69, 9.17) is 21.3 Å². The molecular formula is C17H17ClN2OS. The highest BCUT2D eigenvalue weighted by Gasteiger charge is 2.12. The van der Waals surface area contributed by atoms with Gasteiger partial charge in [0.15, 0.2) is 0 Å². The topological polar surface area (TPSA) is 35.0 Å². The highest BCUT2D eigenvalue weighted by atomic mass is 35.5. The summed E-state index contributed by atoms with van der Waals surface area (Å²) in [5, 5.41) is 4.66. The van der Waals surface area contributed by atoms with E-state index in [0.717, 1.165) is 32.9 Å². The molecule has 5 heteroatoms. The van der Waals surface area contributed by atoms with Crippen LogP contribution in [-0.2, 0) is 0 Å². The first-order valence-electron chi connectivity index (χ1n) is 7.10. The second kappa shape index (κ2) is 5.86. The van der Waals surface area contributed by atoms with Crippen LogP contribution in [0.1, 0.15) is 31.0 Å². The molecule has 1 aromatic carbocycles. The van der Waals surface area contributed by atoms with E-state index in [9.17, 15) is 0 Å². The van der Waals surface area contributed by atoms with Crippen LogP contribution >= 0.6 is 22.9 Å². The number of aryl methyl sites for hydroxylation is 1. The van der Waals surface area contributed by atoms with E-state index in [1.165, 1.54) is 0 Å². The predicted molar refractivity (Wildman–Crippen MR) is 93.2 cm³/mol. The lowest BCUT2D eigenvalue weighted by Gasteiger charge is -2.08. The van der Waals surface area contributed by atoms with E-state index in [-0.39, 0.29) is 0 Å². The van der Waals surface area contributed by atoms with Crippen molar-refractivity contribution >= 4 is 33.8 Å². The van der Waals surface area contributed by atoms with Crippen molar-refractivity contribution in [3.05, 3.63) is 39.9 Å². The fourth-order valence-electron chi connectivity index (χ4n) is 2.33. The Bertz CT molecular complexity index is 842. The van der Waals surface area contributed by atoms with Crippen LogP contribution in [0, 0.1) is 6.92 Å². The van der Waals surface area contributed by atoms with Crippen molar-refractivity contribution in [1.29, 1.82) is 0 Å². The summed E-state index contributed by atoms with van der Waals surface area (Å²) >= 11 is 7.85. The number of thiazole rings is 1. The first kappa shape index (κ1) is 15.3. The van der Waals surface area contributed by atoms with Gasteiger partial charge in [0.2, 0.25) is 0 Å². The van der Waals surface area contributed by atoms with Gasteiger partial charge in [-0.2, -0.15) is 0 Å². The number of ether oxygens (including phenoxy) is 1. The molecule has 0 radical (unpaired) electrons. The Morgan fingerprint density at radius 3 is 2.59 bits per heavy atom. The molecule has 0 amide bonds. The van der Waals surface area contributed by atoms with Crippen LogP contribution in [0.5, 0.6) is 5.75 Å². The maximum atomic E-state index is 6.22. The van der Waals surface area contributed by atoms with Gasteiger partial charge >= 0.3 is 0 Å². The van der Waals surface area contributed by atoms with E-state index < -0.39 is 0 Å². The summed E-state index contributed by atoms with van der Waals surface area (Å²) < 4.78 is 5.28. The van der Waals surface area contributed by atoms with Gasteiger partial charge in [-0.05, 0) is 36.6 Å². The van der Waals surface area contributed by atoms with Gasteiger partial charge in [0, 0.05) is 10.8 Å². The molecule has 0 spiro atoms. The van der Waals surface area contributed by atoms with Gasteiger partial charge in [-0.3, -0.25) is 0 Å². The van der Waals surface area contributed by atoms with Gasteiger partial charge in [-0.25, -0.2) is 9.97 Å². The van der Waals surface area contributed by atoms with Gasteiger partial charge in [-0.15, -0.1) is 11.3 Å². The Hall–Kier alpha value is -1.65. The number of hydrogen-bond donors (Lipinski definition) is 0. The van der Waals surface area contributed by atoms with Crippen molar-refractivity contribution in [2.24, 2.45) is 0 Å². The molecule has 2 aromatic heterocycles. The molecule has 3 rings (SSSR count). The number of rotatable bonds is 3. The van der Waals surface area contributed by atoms with Crippen LogP contribution in [0.15, 0.2) is 23.6 Å². The van der Waals surface area contributed by atoms with Crippen LogP contribution in [0.3, 0.4) is 0 Å². The molecule has 2 heterocycles. The minimum atomic E-state index is 0.422. The average molecular weight is 333 g/mol. The van der Waals surface area contributed by atoms with Crippen molar-refractivity contribution in [3.8, 4) is 16.5 Å². The molecule has 0 atom stereocenters. The first-order valence-corrected chi connectivity index (χ1v) is 8.36. The Balaban J connectivity index is 2.15. The molecule has 0 saturated heterocycles. The summed E-state index contributed by atoms with van der Waals surface area (Å²) in [5.41, 5.74) is 3.99. The summed E-state index contributed by atoms with van der Waals surface area (Å²) in [6.07, 6.45) is 0. The van der Waals surface area contributed by atoms with Crippen molar-refractivity contribution in [1.82, 2.24) is 9.97 Å². The van der Waals surface area contributed by atoms with Crippen LogP contribution in [0.25, 0.3) is 21.6 Å². The maximum absolute atomic E-state index is 6.22. The Labute approximate surface area is 138 Å². The number of hydrogen-bond acceptors (Lipinski definition) is 4. The summed E-state index contributed by atoms with van der Waals surface area (Å²) in [6.45, 7) is 6.35. The minimum Gasteiger partial charge on any atom is -0.495 e. The molecule has 114 valence electrons. The Morgan fingerprint density at radius 2 is 1.95 bits per heavy atom. The van der Waals surface area contributed by atoms with Crippen molar-refractivity contribution in [2.45, 2.75) is 26.7 Å². The number of benzene rings is 1. The second-order valence-electron chi connectivity index (χ2n) is 5.56. The average Bonchev–Trinajstić information content (AvgIpc) is 2.96. The van der Waals surface area contributed by atoms with Gasteiger partial charge < -0.3 is 4.74 Å². The third-order valence-electron chi connectivity index (χ3n) is 3.62. The normalized spacial score (nSPS) is 11.4. The lowest BCUT2D eigenvalue weighted by atomic mass is 10.1. The van der Waals surface area contributed by atoms with Crippen molar-refractivity contribution in [3.63, 3.8) is 0 Å². The van der Waals surface area contributed by atoms with E-state index in [1.807, 2.05) is 12.1 Å². The SMILES string of the molecule is COc1cc2c(C)cc(-c3nc(C(C)C)cs3)nc2cc1Cl. The Morgan fingerprint density at radius 1 is 1.18 bits per heavy atom. The lowest BCUT2D eigenvalue weighted by molar-refractivity contribution is 0.415. The summed E-state index contributed by atoms with van der Waals surface area (Å²) in [4.78, 5) is 9.41. The summed E-state index contributed by atoms with van der Waals surface area (Å²) in [7, 11) is 1.62. The summed E-state index contributed by atoms with van der Waals surface area (Å²) in [5.74, 6) is 1.09. The largest absolute Gasteiger partial charge is 0.495 e. The number of fused-ring (bicyclic) bond motifs is 1. The van der Waals surface area contributed by atoms with Crippen LogP contribution in [0.2, 0.25) is 5.02 Å². The second-order valence-corrected chi connectivity index (χ2v) is 6.83. The van der Waals surface area contributed by atoms with E-state index in [2.05, 4.69) is 37.2 Å². The Kier molecular flexibility index (Phi) is 4.06. The van der Waals surface area contributed by atoms with E-state index in [1.54, 1.807) is 18.4 Å². The molecular weight excluding hydrogens is 316 g/mol. The third-order valence-corrected chi connectivity index (χ3v) is 4.80. The highest BCUT2D eigenvalue weighted by molar-refractivity contribution is 7.13. The number of methoxy groups -OCH3 is 1. The van der Waals surface area contributed by atoms with Gasteiger partial charge in [-0.1, -0.05) is 25.4 Å². The predicted octanol–water partition coefficient (Wildman–Crippen LogP) is 5.45. The van der Waals surface area contributed by atoms with Crippen molar-refractivity contribution in [2.75, 3.05) is 7.11 Å². The monoisotopic (exact) mass is 332 g/mol. The van der Waals surface area contributed by atoms with Gasteiger partial charge in [0.25, 0.3) is 0 Å². The van der Waals surface area contributed by atoms with Crippen LogP contribution < -0.4 is 4.74 Å². The fraction of sp³-hybridized carbons (Fsp3) is 0.294. The molecule has 0 bridgehead atoms. The molecule has 0 aliphatic heterocycles. The zero-order valence-corrected chi connectivity index (χ0v) is 14.5. The fourth-order valence-corrected chi connectivity index (χ4v) is 3.51.